The molecule has 0 saturated heterocycles. The Labute approximate surface area is 217 Å². The fourth-order valence-electron chi connectivity index (χ4n) is 4.34. The van der Waals surface area contributed by atoms with E-state index in [4.69, 9.17) is 15.5 Å². The van der Waals surface area contributed by atoms with Crippen molar-refractivity contribution in [2.24, 2.45) is 0 Å². The fraction of sp³-hybridized carbons (Fsp3) is 0.538. The second-order valence-corrected chi connectivity index (χ2v) is 11.1. The van der Waals surface area contributed by atoms with Gasteiger partial charge in [0.05, 0.1) is 23.5 Å². The average molecular weight is 511 g/mol. The van der Waals surface area contributed by atoms with Crippen molar-refractivity contribution in [2.75, 3.05) is 32.2 Å². The SMILES string of the molecule is COC(CCn1cnc2c(N)ncnc21)CN(CCCCc1nc2ccc(C(C)(C)C)cc2[nH]1)SC. The molecular formula is C26H38N8OS. The van der Waals surface area contributed by atoms with Crippen LogP contribution in [0, 0.1) is 0 Å². The molecule has 3 aromatic heterocycles. The van der Waals surface area contributed by atoms with Crippen molar-refractivity contribution in [1.82, 2.24) is 33.8 Å². The van der Waals surface area contributed by atoms with Gasteiger partial charge in [0.15, 0.2) is 11.5 Å². The van der Waals surface area contributed by atoms with E-state index >= 15 is 0 Å². The molecule has 0 aliphatic heterocycles. The molecule has 0 fully saturated rings. The first-order chi connectivity index (χ1) is 17.3. The molecule has 9 nitrogen and oxygen atoms in total. The number of hydrogen-bond acceptors (Lipinski definition) is 8. The Bertz CT molecular complexity index is 1280. The third kappa shape index (κ3) is 6.35. The number of nitrogens with two attached hydrogens (primary N) is 1. The normalized spacial score (nSPS) is 13.3. The van der Waals surface area contributed by atoms with E-state index < -0.39 is 0 Å². The van der Waals surface area contributed by atoms with Gasteiger partial charge < -0.3 is 20.0 Å². The molecule has 3 heterocycles. The van der Waals surface area contributed by atoms with Crippen LogP contribution in [0.1, 0.15) is 51.4 Å². The van der Waals surface area contributed by atoms with Gasteiger partial charge in [-0.25, -0.2) is 24.2 Å². The van der Waals surface area contributed by atoms with Crippen LogP contribution in [0.25, 0.3) is 22.2 Å². The number of nitrogens with one attached hydrogen (secondary N) is 1. The number of ether oxygens (including phenoxy) is 1. The van der Waals surface area contributed by atoms with Gasteiger partial charge in [-0.15, -0.1) is 0 Å². The van der Waals surface area contributed by atoms with Gasteiger partial charge in [0.2, 0.25) is 0 Å². The predicted octanol–water partition coefficient (Wildman–Crippen LogP) is 4.59. The Morgan fingerprint density at radius 1 is 1.19 bits per heavy atom. The highest BCUT2D eigenvalue weighted by Crippen LogP contribution is 2.25. The smallest absolute Gasteiger partial charge is 0.165 e. The lowest BCUT2D eigenvalue weighted by Gasteiger charge is -2.24. The number of fused-ring (bicyclic) bond motifs is 2. The Kier molecular flexibility index (Phi) is 8.48. The number of aromatic nitrogens is 6. The molecule has 0 bridgehead atoms. The molecule has 10 heteroatoms. The highest BCUT2D eigenvalue weighted by atomic mass is 32.2. The lowest BCUT2D eigenvalue weighted by atomic mass is 9.87. The summed E-state index contributed by atoms with van der Waals surface area (Å²) < 4.78 is 10.2. The van der Waals surface area contributed by atoms with E-state index in [-0.39, 0.29) is 11.5 Å². The van der Waals surface area contributed by atoms with Crippen LogP contribution in [-0.2, 0) is 23.1 Å². The van der Waals surface area contributed by atoms with Gasteiger partial charge in [0.25, 0.3) is 0 Å². The zero-order chi connectivity index (χ0) is 25.7. The summed E-state index contributed by atoms with van der Waals surface area (Å²) in [6.07, 6.45) is 9.49. The zero-order valence-electron chi connectivity index (χ0n) is 22.0. The molecule has 1 aromatic carbocycles. The molecular weight excluding hydrogens is 472 g/mol. The summed E-state index contributed by atoms with van der Waals surface area (Å²) in [5.74, 6) is 1.48. The standard InChI is InChI=1S/C26H38N8OS/c1-26(2,3)18-9-10-20-21(14-18)32-22(31-20)8-6-7-12-34(36-5)15-19(35-4)11-13-33-17-30-23-24(27)28-16-29-25(23)33/h9-10,14,16-17,19H,6-8,11-13,15H2,1-5H3,(H,31,32)(H2,27,28,29). The molecule has 3 N–H and O–H groups in total. The lowest BCUT2D eigenvalue weighted by molar-refractivity contribution is 0.0765. The molecule has 0 aliphatic rings. The monoisotopic (exact) mass is 510 g/mol. The van der Waals surface area contributed by atoms with Gasteiger partial charge in [-0.3, -0.25) is 0 Å². The minimum atomic E-state index is 0.112. The van der Waals surface area contributed by atoms with Crippen LogP contribution in [0.4, 0.5) is 5.82 Å². The van der Waals surface area contributed by atoms with Gasteiger partial charge in [-0.05, 0) is 48.6 Å². The Morgan fingerprint density at radius 3 is 2.78 bits per heavy atom. The highest BCUT2D eigenvalue weighted by Gasteiger charge is 2.16. The molecule has 1 atom stereocenters. The number of rotatable bonds is 12. The first-order valence-corrected chi connectivity index (χ1v) is 13.7. The van der Waals surface area contributed by atoms with Crippen LogP contribution < -0.4 is 5.73 Å². The van der Waals surface area contributed by atoms with Crippen molar-refractivity contribution in [3.8, 4) is 0 Å². The maximum Gasteiger partial charge on any atom is 0.165 e. The molecule has 4 rings (SSSR count). The number of unbranched alkanes of at least 4 members (excludes halogenated alkanes) is 1. The van der Waals surface area contributed by atoms with Gasteiger partial charge in [-0.2, -0.15) is 0 Å². The van der Waals surface area contributed by atoms with E-state index in [0.717, 1.165) is 67.8 Å². The maximum atomic E-state index is 5.90. The van der Waals surface area contributed by atoms with E-state index in [1.807, 2.05) is 4.57 Å². The van der Waals surface area contributed by atoms with Crippen molar-refractivity contribution in [3.05, 3.63) is 42.2 Å². The maximum absolute atomic E-state index is 5.90. The zero-order valence-corrected chi connectivity index (χ0v) is 22.8. The molecule has 1 unspecified atom stereocenters. The topological polar surface area (TPSA) is 111 Å². The van der Waals surface area contributed by atoms with Gasteiger partial charge in [0, 0.05) is 33.2 Å². The summed E-state index contributed by atoms with van der Waals surface area (Å²) in [5, 5.41) is 0. The molecule has 36 heavy (non-hydrogen) atoms. The fourth-order valence-corrected chi connectivity index (χ4v) is 4.97. The number of aryl methyl sites for hydroxylation is 2. The number of H-pyrrole nitrogens is 1. The summed E-state index contributed by atoms with van der Waals surface area (Å²) in [7, 11) is 1.78. The molecule has 0 radical (unpaired) electrons. The number of hydrogen-bond donors (Lipinski definition) is 2. The van der Waals surface area contributed by atoms with Crippen LogP contribution in [0.3, 0.4) is 0 Å². The molecule has 0 aliphatic carbocycles. The van der Waals surface area contributed by atoms with E-state index in [2.05, 4.69) is 69.5 Å². The number of nitrogens with zero attached hydrogens (tertiary/aromatic N) is 6. The first kappa shape index (κ1) is 26.4. The van der Waals surface area contributed by atoms with Gasteiger partial charge in [0.1, 0.15) is 17.7 Å². The Balaban J connectivity index is 1.24. The molecule has 194 valence electrons. The van der Waals surface area contributed by atoms with Crippen molar-refractivity contribution in [1.29, 1.82) is 0 Å². The van der Waals surface area contributed by atoms with Crippen molar-refractivity contribution >= 4 is 40.0 Å². The molecule has 0 amide bonds. The van der Waals surface area contributed by atoms with Crippen LogP contribution >= 0.6 is 11.9 Å². The van der Waals surface area contributed by atoms with E-state index in [1.54, 1.807) is 25.4 Å². The number of nitrogen functional groups attached to an aromatic ring is 1. The number of imidazole rings is 2. The lowest BCUT2D eigenvalue weighted by Crippen LogP contribution is -2.30. The third-order valence-corrected chi connectivity index (χ3v) is 7.44. The number of aromatic amines is 1. The van der Waals surface area contributed by atoms with Crippen LogP contribution in [0.15, 0.2) is 30.9 Å². The average Bonchev–Trinajstić information content (AvgIpc) is 3.46. The quantitative estimate of drug-likeness (QED) is 0.210. The minimum absolute atomic E-state index is 0.112. The van der Waals surface area contributed by atoms with Gasteiger partial charge in [-0.1, -0.05) is 38.8 Å². The Morgan fingerprint density at radius 2 is 2.03 bits per heavy atom. The van der Waals surface area contributed by atoms with E-state index in [1.165, 1.54) is 11.9 Å². The van der Waals surface area contributed by atoms with Gasteiger partial charge >= 0.3 is 0 Å². The van der Waals surface area contributed by atoms with Crippen LogP contribution in [-0.4, -0.2) is 66.4 Å². The van der Waals surface area contributed by atoms with Crippen molar-refractivity contribution in [3.63, 3.8) is 0 Å². The number of anilines is 1. The summed E-state index contributed by atoms with van der Waals surface area (Å²) >= 11 is 1.77. The van der Waals surface area contributed by atoms with E-state index in [9.17, 15) is 0 Å². The Hall–Kier alpha value is -2.69. The largest absolute Gasteiger partial charge is 0.382 e. The van der Waals surface area contributed by atoms with E-state index in [0.29, 0.717) is 11.3 Å². The second-order valence-electron chi connectivity index (χ2n) is 10.2. The van der Waals surface area contributed by atoms with Crippen LogP contribution in [0.5, 0.6) is 0 Å². The molecule has 0 spiro atoms. The summed E-state index contributed by atoms with van der Waals surface area (Å²) in [6.45, 7) is 9.34. The third-order valence-electron chi connectivity index (χ3n) is 6.59. The second kappa shape index (κ2) is 11.6. The summed E-state index contributed by atoms with van der Waals surface area (Å²) in [5.41, 5.74) is 11.0. The minimum Gasteiger partial charge on any atom is -0.382 e. The highest BCUT2D eigenvalue weighted by molar-refractivity contribution is 7.96. The predicted molar refractivity (Wildman–Crippen MR) is 148 cm³/mol. The molecule has 0 saturated carbocycles. The first-order valence-electron chi connectivity index (χ1n) is 12.5. The van der Waals surface area contributed by atoms with Crippen LogP contribution in [0.2, 0.25) is 0 Å². The summed E-state index contributed by atoms with van der Waals surface area (Å²) in [6, 6.07) is 6.55. The number of benzene rings is 1. The molecule has 4 aromatic rings. The van der Waals surface area contributed by atoms with Crippen molar-refractivity contribution in [2.45, 2.75) is 64.5 Å². The number of methoxy groups -OCH3 is 1. The van der Waals surface area contributed by atoms with Crippen molar-refractivity contribution < 1.29 is 4.74 Å². The summed E-state index contributed by atoms with van der Waals surface area (Å²) in [4.78, 5) is 21.0.